The summed E-state index contributed by atoms with van der Waals surface area (Å²) in [6.45, 7) is 2.82. The van der Waals surface area contributed by atoms with Crippen LogP contribution >= 0.6 is 0 Å². The number of aliphatic hydroxyl groups excluding tert-OH is 3. The molecule has 5 heteroatoms. The molecule has 1 saturated heterocycles. The van der Waals surface area contributed by atoms with Gasteiger partial charge in [0.2, 0.25) is 0 Å². The highest BCUT2D eigenvalue weighted by Gasteiger charge is 2.37. The van der Waals surface area contributed by atoms with Crippen molar-refractivity contribution in [2.45, 2.75) is 50.3 Å². The minimum atomic E-state index is -1.13. The summed E-state index contributed by atoms with van der Waals surface area (Å²) in [5, 5.41) is 32.3. The minimum Gasteiger partial charge on any atom is -0.388 e. The van der Waals surface area contributed by atoms with E-state index in [0.29, 0.717) is 6.42 Å². The molecule has 5 nitrogen and oxygen atoms in total. The van der Waals surface area contributed by atoms with Gasteiger partial charge >= 0.3 is 0 Å². The maximum atomic E-state index is 9.88. The van der Waals surface area contributed by atoms with Crippen LogP contribution in [-0.2, 0) is 11.3 Å². The molecule has 0 saturated carbocycles. The molecule has 1 heterocycles. The predicted molar refractivity (Wildman–Crippen MR) is 75.1 cm³/mol. The zero-order chi connectivity index (χ0) is 14.5. The summed E-state index contributed by atoms with van der Waals surface area (Å²) in [6.07, 6.45) is -3.05. The van der Waals surface area contributed by atoms with E-state index in [9.17, 15) is 15.3 Å². The van der Waals surface area contributed by atoms with Gasteiger partial charge in [-0.05, 0) is 18.9 Å². The van der Waals surface area contributed by atoms with Crippen LogP contribution in [0.4, 0.5) is 0 Å². The Morgan fingerprint density at radius 1 is 1.20 bits per heavy atom. The number of nitrogens with one attached hydrogen (secondary N) is 1. The SMILES string of the molecule is CC(C[C@@H]1OC[C@@H](O)[C@H](O)[C@H]1O)NCc1ccccc1. The number of hydrogen-bond donors (Lipinski definition) is 4. The van der Waals surface area contributed by atoms with Gasteiger partial charge in [-0.1, -0.05) is 30.3 Å². The third kappa shape index (κ3) is 4.01. The Labute approximate surface area is 119 Å². The molecule has 1 aromatic carbocycles. The first-order valence-corrected chi connectivity index (χ1v) is 7.01. The van der Waals surface area contributed by atoms with Gasteiger partial charge in [-0.2, -0.15) is 0 Å². The first-order valence-electron chi connectivity index (χ1n) is 7.01. The zero-order valence-electron chi connectivity index (χ0n) is 11.6. The smallest absolute Gasteiger partial charge is 0.111 e. The van der Waals surface area contributed by atoms with Gasteiger partial charge in [-0.25, -0.2) is 0 Å². The van der Waals surface area contributed by atoms with Gasteiger partial charge in [0, 0.05) is 12.6 Å². The Balaban J connectivity index is 1.78. The number of rotatable bonds is 5. The highest BCUT2D eigenvalue weighted by molar-refractivity contribution is 5.14. The van der Waals surface area contributed by atoms with Crippen molar-refractivity contribution in [1.29, 1.82) is 0 Å². The molecule has 0 aliphatic carbocycles. The van der Waals surface area contributed by atoms with E-state index in [0.717, 1.165) is 6.54 Å². The number of aliphatic hydroxyl groups is 3. The maximum absolute atomic E-state index is 9.88. The standard InChI is InChI=1S/C15H23NO4/c1-10(16-8-11-5-3-2-4-6-11)7-13-15(19)14(18)12(17)9-20-13/h2-6,10,12-19H,7-9H2,1H3/t10?,12-,13+,14+,15+/m1/s1. The highest BCUT2D eigenvalue weighted by Crippen LogP contribution is 2.19. The molecular weight excluding hydrogens is 258 g/mol. The zero-order valence-corrected chi connectivity index (χ0v) is 11.6. The number of hydrogen-bond acceptors (Lipinski definition) is 5. The van der Waals surface area contributed by atoms with Crippen LogP contribution in [0.5, 0.6) is 0 Å². The van der Waals surface area contributed by atoms with Gasteiger partial charge < -0.3 is 25.4 Å². The van der Waals surface area contributed by atoms with Gasteiger partial charge in [0.15, 0.2) is 0 Å². The highest BCUT2D eigenvalue weighted by atomic mass is 16.5. The number of benzene rings is 1. The second kappa shape index (κ2) is 7.15. The molecule has 0 spiro atoms. The van der Waals surface area contributed by atoms with Crippen molar-refractivity contribution in [2.75, 3.05) is 6.61 Å². The normalized spacial score (nSPS) is 32.0. The maximum Gasteiger partial charge on any atom is 0.111 e. The molecule has 1 fully saturated rings. The van der Waals surface area contributed by atoms with E-state index in [1.165, 1.54) is 5.56 Å². The van der Waals surface area contributed by atoms with Crippen molar-refractivity contribution in [3.05, 3.63) is 35.9 Å². The average molecular weight is 281 g/mol. The molecule has 1 unspecified atom stereocenters. The second-order valence-electron chi connectivity index (χ2n) is 5.42. The third-order valence-corrected chi connectivity index (χ3v) is 3.69. The first-order chi connectivity index (χ1) is 9.58. The van der Waals surface area contributed by atoms with Crippen LogP contribution in [0, 0.1) is 0 Å². The second-order valence-corrected chi connectivity index (χ2v) is 5.42. The summed E-state index contributed by atoms with van der Waals surface area (Å²) in [6, 6.07) is 10.2. The summed E-state index contributed by atoms with van der Waals surface area (Å²) in [4.78, 5) is 0. The van der Waals surface area contributed by atoms with E-state index in [1.807, 2.05) is 37.3 Å². The topological polar surface area (TPSA) is 82.0 Å². The molecule has 1 aliphatic rings. The molecule has 4 N–H and O–H groups in total. The van der Waals surface area contributed by atoms with Crippen molar-refractivity contribution in [3.63, 3.8) is 0 Å². The van der Waals surface area contributed by atoms with E-state index in [-0.39, 0.29) is 12.6 Å². The van der Waals surface area contributed by atoms with Crippen molar-refractivity contribution in [2.24, 2.45) is 0 Å². The average Bonchev–Trinajstić information content (AvgIpc) is 2.47. The van der Waals surface area contributed by atoms with Crippen molar-refractivity contribution in [3.8, 4) is 0 Å². The fraction of sp³-hybridized carbons (Fsp3) is 0.600. The van der Waals surface area contributed by atoms with Gasteiger partial charge in [0.05, 0.1) is 12.7 Å². The molecule has 20 heavy (non-hydrogen) atoms. The molecule has 0 bridgehead atoms. The van der Waals surface area contributed by atoms with E-state index >= 15 is 0 Å². The molecule has 0 amide bonds. The molecule has 0 radical (unpaired) electrons. The number of ether oxygens (including phenoxy) is 1. The molecule has 5 atom stereocenters. The van der Waals surface area contributed by atoms with E-state index in [2.05, 4.69) is 5.32 Å². The molecule has 1 aliphatic heterocycles. The quantitative estimate of drug-likeness (QED) is 0.612. The van der Waals surface area contributed by atoms with Crippen LogP contribution in [0.2, 0.25) is 0 Å². The van der Waals surface area contributed by atoms with Gasteiger partial charge in [0.25, 0.3) is 0 Å². The fourth-order valence-corrected chi connectivity index (χ4v) is 2.39. The van der Waals surface area contributed by atoms with Crippen LogP contribution in [0.1, 0.15) is 18.9 Å². The summed E-state index contributed by atoms with van der Waals surface area (Å²) < 4.78 is 5.40. The largest absolute Gasteiger partial charge is 0.388 e. The van der Waals surface area contributed by atoms with E-state index in [1.54, 1.807) is 0 Å². The van der Waals surface area contributed by atoms with Crippen molar-refractivity contribution < 1.29 is 20.1 Å². The molecular formula is C15H23NO4. The lowest BCUT2D eigenvalue weighted by Crippen LogP contribution is -2.54. The van der Waals surface area contributed by atoms with Crippen LogP contribution in [0.15, 0.2) is 30.3 Å². The summed E-state index contributed by atoms with van der Waals surface area (Å²) in [5.41, 5.74) is 1.19. The summed E-state index contributed by atoms with van der Waals surface area (Å²) in [5.74, 6) is 0. The lowest BCUT2D eigenvalue weighted by atomic mass is 9.95. The monoisotopic (exact) mass is 281 g/mol. The molecule has 1 aromatic rings. The Morgan fingerprint density at radius 2 is 1.90 bits per heavy atom. The van der Waals surface area contributed by atoms with Crippen LogP contribution in [-0.4, -0.2) is 52.4 Å². The molecule has 0 aromatic heterocycles. The predicted octanol–water partition coefficient (Wildman–Crippen LogP) is 0.0363. The third-order valence-electron chi connectivity index (χ3n) is 3.69. The lowest BCUT2D eigenvalue weighted by Gasteiger charge is -2.36. The Bertz CT molecular complexity index is 400. The van der Waals surface area contributed by atoms with E-state index < -0.39 is 24.4 Å². The summed E-state index contributed by atoms with van der Waals surface area (Å²) in [7, 11) is 0. The van der Waals surface area contributed by atoms with Crippen molar-refractivity contribution >= 4 is 0 Å². The lowest BCUT2D eigenvalue weighted by molar-refractivity contribution is -0.189. The molecule has 2 rings (SSSR count). The van der Waals surface area contributed by atoms with Crippen LogP contribution < -0.4 is 5.32 Å². The van der Waals surface area contributed by atoms with Gasteiger partial charge in [-0.15, -0.1) is 0 Å². The minimum absolute atomic E-state index is 0.0638. The van der Waals surface area contributed by atoms with Crippen LogP contribution in [0.3, 0.4) is 0 Å². The van der Waals surface area contributed by atoms with Gasteiger partial charge in [-0.3, -0.25) is 0 Å². The molecule has 112 valence electrons. The first kappa shape index (κ1) is 15.4. The van der Waals surface area contributed by atoms with Gasteiger partial charge in [0.1, 0.15) is 18.3 Å². The fourth-order valence-electron chi connectivity index (χ4n) is 2.39. The Hall–Kier alpha value is -0.980. The van der Waals surface area contributed by atoms with Crippen molar-refractivity contribution in [1.82, 2.24) is 5.32 Å². The Morgan fingerprint density at radius 3 is 2.60 bits per heavy atom. The van der Waals surface area contributed by atoms with E-state index in [4.69, 9.17) is 4.74 Å². The Kier molecular flexibility index (Phi) is 5.51. The summed E-state index contributed by atoms with van der Waals surface area (Å²) >= 11 is 0. The van der Waals surface area contributed by atoms with Crippen LogP contribution in [0.25, 0.3) is 0 Å².